The molecule has 1 saturated heterocycles. The molecule has 2 N–H and O–H groups in total. The monoisotopic (exact) mass is 366 g/mol. The lowest BCUT2D eigenvalue weighted by Gasteiger charge is -2.37. The van der Waals surface area contributed by atoms with E-state index in [9.17, 15) is 8.42 Å². The van der Waals surface area contributed by atoms with Crippen molar-refractivity contribution in [2.24, 2.45) is 11.1 Å². The fourth-order valence-corrected chi connectivity index (χ4v) is 4.29. The van der Waals surface area contributed by atoms with Crippen molar-refractivity contribution in [3.05, 3.63) is 28.2 Å². The summed E-state index contributed by atoms with van der Waals surface area (Å²) in [5.41, 5.74) is 5.46. The Morgan fingerprint density at radius 2 is 1.86 bits per heavy atom. The first kappa shape index (κ1) is 17.0. The van der Waals surface area contributed by atoms with E-state index in [-0.39, 0.29) is 15.3 Å². The van der Waals surface area contributed by atoms with Crippen molar-refractivity contribution in [3.8, 4) is 0 Å². The molecule has 8 heteroatoms. The molecule has 2 rings (SSSR count). The Labute approximate surface area is 140 Å². The molecule has 0 atom stereocenters. The van der Waals surface area contributed by atoms with E-state index in [1.807, 2.05) is 6.92 Å². The van der Waals surface area contributed by atoms with E-state index in [1.54, 1.807) is 0 Å². The second kappa shape index (κ2) is 6.01. The lowest BCUT2D eigenvalue weighted by molar-refractivity contribution is 0.244. The van der Waals surface area contributed by atoms with Crippen molar-refractivity contribution < 1.29 is 8.42 Å². The Bertz CT molecular complexity index is 669. The summed E-state index contributed by atoms with van der Waals surface area (Å²) in [5.74, 6) is 0. The van der Waals surface area contributed by atoms with Crippen LogP contribution in [-0.4, -0.2) is 30.8 Å². The van der Waals surface area contributed by atoms with E-state index in [2.05, 4.69) is 0 Å². The van der Waals surface area contributed by atoms with Gasteiger partial charge in [-0.3, -0.25) is 0 Å². The summed E-state index contributed by atoms with van der Waals surface area (Å²) in [6.45, 7) is 2.74. The Kier molecular flexibility index (Phi) is 4.85. The summed E-state index contributed by atoms with van der Waals surface area (Å²) in [6, 6.07) is 4.32. The predicted octanol–water partition coefficient (Wildman–Crippen LogP) is 3.07. The highest BCUT2D eigenvalue weighted by atomic mass is 35.5. The molecular formula is C13H16Cl2N2O2S2. The molecule has 0 spiro atoms. The molecule has 0 amide bonds. The number of thiocarbonyl (C=S) groups is 1. The Balaban J connectivity index is 2.22. The standard InChI is InChI=1S/C13H16Cl2N2O2S2/c1-13(12(16)20)4-6-17(7-5-13)21(18,19)9-2-3-10(14)11(15)8-9/h2-3,8H,4-7H2,1H3,(H2,16,20). The number of nitrogens with zero attached hydrogens (tertiary/aromatic N) is 1. The minimum absolute atomic E-state index is 0.149. The largest absolute Gasteiger partial charge is 0.393 e. The van der Waals surface area contributed by atoms with Crippen molar-refractivity contribution in [3.63, 3.8) is 0 Å². The maximum Gasteiger partial charge on any atom is 0.243 e. The fourth-order valence-electron chi connectivity index (χ4n) is 2.25. The topological polar surface area (TPSA) is 63.4 Å². The average Bonchev–Trinajstić information content (AvgIpc) is 2.42. The van der Waals surface area contributed by atoms with Crippen molar-refractivity contribution in [2.75, 3.05) is 13.1 Å². The number of benzene rings is 1. The van der Waals surface area contributed by atoms with Crippen LogP contribution in [0.25, 0.3) is 0 Å². The van der Waals surface area contributed by atoms with Crippen LogP contribution in [0.5, 0.6) is 0 Å². The lowest BCUT2D eigenvalue weighted by atomic mass is 9.81. The third-order valence-corrected chi connectivity index (χ3v) is 7.08. The zero-order chi connectivity index (χ0) is 15.8. The third-order valence-electron chi connectivity index (χ3n) is 3.95. The summed E-state index contributed by atoms with van der Waals surface area (Å²) in [4.78, 5) is 0.588. The molecule has 1 aromatic rings. The Morgan fingerprint density at radius 3 is 2.33 bits per heavy atom. The van der Waals surface area contributed by atoms with E-state index in [4.69, 9.17) is 41.2 Å². The van der Waals surface area contributed by atoms with Gasteiger partial charge in [0.25, 0.3) is 0 Å². The van der Waals surface area contributed by atoms with Gasteiger partial charge in [0.05, 0.1) is 19.9 Å². The number of rotatable bonds is 3. The van der Waals surface area contributed by atoms with E-state index in [1.165, 1.54) is 22.5 Å². The van der Waals surface area contributed by atoms with Crippen LogP contribution in [-0.2, 0) is 10.0 Å². The average molecular weight is 367 g/mol. The van der Waals surface area contributed by atoms with Crippen LogP contribution in [0.2, 0.25) is 10.0 Å². The molecule has 0 bridgehead atoms. The van der Waals surface area contributed by atoms with Gasteiger partial charge >= 0.3 is 0 Å². The van der Waals surface area contributed by atoms with Crippen molar-refractivity contribution in [1.29, 1.82) is 0 Å². The van der Waals surface area contributed by atoms with Crippen LogP contribution in [0.4, 0.5) is 0 Å². The predicted molar refractivity (Wildman–Crippen MR) is 89.3 cm³/mol. The molecule has 0 aromatic heterocycles. The highest BCUT2D eigenvalue weighted by Crippen LogP contribution is 2.34. The van der Waals surface area contributed by atoms with Crippen LogP contribution in [0.3, 0.4) is 0 Å². The Hall–Kier alpha value is -0.400. The van der Waals surface area contributed by atoms with Gasteiger partial charge in [-0.1, -0.05) is 42.3 Å². The zero-order valence-electron chi connectivity index (χ0n) is 11.5. The minimum atomic E-state index is -3.57. The van der Waals surface area contributed by atoms with E-state index < -0.39 is 10.0 Å². The summed E-state index contributed by atoms with van der Waals surface area (Å²) in [7, 11) is -3.57. The molecule has 0 saturated carbocycles. The van der Waals surface area contributed by atoms with Gasteiger partial charge in [-0.15, -0.1) is 0 Å². The molecule has 1 fully saturated rings. The second-order valence-corrected chi connectivity index (χ2v) is 8.60. The van der Waals surface area contributed by atoms with Crippen molar-refractivity contribution >= 4 is 50.4 Å². The number of piperidine rings is 1. The van der Waals surface area contributed by atoms with E-state index in [0.717, 1.165) is 0 Å². The van der Waals surface area contributed by atoms with Gasteiger partial charge in [-0.2, -0.15) is 4.31 Å². The molecule has 21 heavy (non-hydrogen) atoms. The van der Waals surface area contributed by atoms with Gasteiger partial charge in [0, 0.05) is 18.5 Å². The Morgan fingerprint density at radius 1 is 1.29 bits per heavy atom. The van der Waals surface area contributed by atoms with Gasteiger partial charge in [0.15, 0.2) is 0 Å². The number of halogens is 2. The van der Waals surface area contributed by atoms with E-state index in [0.29, 0.717) is 35.9 Å². The van der Waals surface area contributed by atoms with Crippen LogP contribution >= 0.6 is 35.4 Å². The molecule has 116 valence electrons. The summed E-state index contributed by atoms with van der Waals surface area (Å²) in [5, 5.41) is 0.554. The van der Waals surface area contributed by atoms with Crippen LogP contribution in [0.15, 0.2) is 23.1 Å². The molecule has 0 unspecified atom stereocenters. The van der Waals surface area contributed by atoms with Crippen molar-refractivity contribution in [1.82, 2.24) is 4.31 Å². The molecular weight excluding hydrogens is 351 g/mol. The third kappa shape index (κ3) is 3.35. The normalized spacial score (nSPS) is 19.4. The van der Waals surface area contributed by atoms with Crippen LogP contribution in [0, 0.1) is 5.41 Å². The molecule has 1 heterocycles. The zero-order valence-corrected chi connectivity index (χ0v) is 14.6. The SMILES string of the molecule is CC1(C(N)=S)CCN(S(=O)(=O)c2ccc(Cl)c(Cl)c2)CC1. The maximum absolute atomic E-state index is 12.6. The number of hydrogen-bond acceptors (Lipinski definition) is 3. The van der Waals surface area contributed by atoms with Gasteiger partial charge in [-0.05, 0) is 31.0 Å². The van der Waals surface area contributed by atoms with Crippen LogP contribution in [0.1, 0.15) is 19.8 Å². The highest BCUT2D eigenvalue weighted by Gasteiger charge is 2.37. The van der Waals surface area contributed by atoms with Crippen molar-refractivity contribution in [2.45, 2.75) is 24.7 Å². The van der Waals surface area contributed by atoms with Gasteiger partial charge in [0.1, 0.15) is 0 Å². The summed E-state index contributed by atoms with van der Waals surface area (Å²) >= 11 is 16.8. The maximum atomic E-state index is 12.6. The quantitative estimate of drug-likeness (QED) is 0.834. The second-order valence-electron chi connectivity index (χ2n) is 5.40. The first-order valence-electron chi connectivity index (χ1n) is 6.42. The fraction of sp³-hybridized carbons (Fsp3) is 0.462. The lowest BCUT2D eigenvalue weighted by Crippen LogP contribution is -2.46. The molecule has 4 nitrogen and oxygen atoms in total. The van der Waals surface area contributed by atoms with Gasteiger partial charge < -0.3 is 5.73 Å². The highest BCUT2D eigenvalue weighted by molar-refractivity contribution is 7.89. The number of nitrogens with two attached hydrogens (primary N) is 1. The molecule has 1 aromatic carbocycles. The molecule has 0 aliphatic carbocycles. The summed E-state index contributed by atoms with van der Waals surface area (Å²) < 4.78 is 26.6. The van der Waals surface area contributed by atoms with Gasteiger partial charge in [0.2, 0.25) is 10.0 Å². The number of hydrogen-bond donors (Lipinski definition) is 1. The van der Waals surface area contributed by atoms with Crippen LogP contribution < -0.4 is 5.73 Å². The first-order valence-corrected chi connectivity index (χ1v) is 9.02. The smallest absolute Gasteiger partial charge is 0.243 e. The number of sulfonamides is 1. The van der Waals surface area contributed by atoms with E-state index >= 15 is 0 Å². The summed E-state index contributed by atoms with van der Waals surface area (Å²) in [6.07, 6.45) is 1.23. The minimum Gasteiger partial charge on any atom is -0.393 e. The van der Waals surface area contributed by atoms with Gasteiger partial charge in [-0.25, -0.2) is 8.42 Å². The molecule has 1 aliphatic heterocycles. The molecule has 1 aliphatic rings. The molecule has 0 radical (unpaired) electrons. The first-order chi connectivity index (χ1) is 9.67.